The summed E-state index contributed by atoms with van der Waals surface area (Å²) >= 11 is 0. The van der Waals surface area contributed by atoms with Crippen LogP contribution in [0.5, 0.6) is 0 Å². The minimum Gasteiger partial charge on any atom is -0.756 e. The van der Waals surface area contributed by atoms with Crippen LogP contribution in [0, 0.1) is 10.8 Å². The first-order valence-corrected chi connectivity index (χ1v) is 28.1. The molecule has 0 fully saturated rings. The molecule has 20 nitrogen and oxygen atoms in total. The molecule has 2 aliphatic heterocycles. The summed E-state index contributed by atoms with van der Waals surface area (Å²) in [6.07, 6.45) is 18.4. The fraction of sp³-hybridized carbons (Fsp3) is 0.464. The zero-order chi connectivity index (χ0) is 58.7. The molecular weight excluding hydrogens is 1050 g/mol. The van der Waals surface area contributed by atoms with Gasteiger partial charge in [0.2, 0.25) is 17.1 Å². The number of allylic oxidation sites excluding steroid dienone is 20. The van der Waals surface area contributed by atoms with Crippen LogP contribution in [0.25, 0.3) is 0 Å². The number of aliphatic hydroxyl groups is 5. The van der Waals surface area contributed by atoms with Crippen LogP contribution in [0.1, 0.15) is 102 Å². The normalized spacial score (nSPS) is 26.4. The Bertz CT molecular complexity index is 2860. The highest BCUT2D eigenvalue weighted by molar-refractivity contribution is 7.47. The maximum absolute atomic E-state index is 13.4. The van der Waals surface area contributed by atoms with E-state index in [0.717, 1.165) is 22.3 Å². The minimum atomic E-state index is -5.17. The van der Waals surface area contributed by atoms with Gasteiger partial charge in [0.15, 0.2) is 29.2 Å². The van der Waals surface area contributed by atoms with E-state index in [1.807, 2.05) is 140 Å². The lowest BCUT2D eigenvalue weighted by Crippen LogP contribution is -2.46. The van der Waals surface area contributed by atoms with E-state index in [0.29, 0.717) is 22.3 Å². The Hall–Kier alpha value is -5.76. The molecule has 78 heavy (non-hydrogen) atoms. The van der Waals surface area contributed by atoms with Crippen LogP contribution < -0.4 is 4.89 Å². The molecule has 0 radical (unpaired) electrons. The number of hydrogen-bond donors (Lipinski definition) is 6. The van der Waals surface area contributed by atoms with E-state index in [4.69, 9.17) is 32.3 Å². The molecule has 0 saturated heterocycles. The van der Waals surface area contributed by atoms with Crippen molar-refractivity contribution in [3.05, 3.63) is 153 Å². The molecule has 6 N–H and O–H groups in total. The number of Topliss-reactive ketones (excluding diaryl/α,β-unsaturated/α-hetero) is 2. The molecule has 0 bridgehead atoms. The van der Waals surface area contributed by atoms with E-state index in [9.17, 15) is 63.6 Å². The number of ketones is 2. The van der Waals surface area contributed by atoms with Crippen LogP contribution in [-0.2, 0) is 60.6 Å². The van der Waals surface area contributed by atoms with Crippen molar-refractivity contribution in [2.45, 2.75) is 138 Å². The Labute approximate surface area is 455 Å². The van der Waals surface area contributed by atoms with Crippen LogP contribution in [0.4, 0.5) is 0 Å². The number of hydrogen-bond acceptors (Lipinski definition) is 19. The smallest absolute Gasteiger partial charge is 0.472 e. The summed E-state index contributed by atoms with van der Waals surface area (Å²) in [7, 11) is -10.1. The fourth-order valence-electron chi connectivity index (χ4n) is 8.93. The summed E-state index contributed by atoms with van der Waals surface area (Å²) in [6, 6.07) is 0. The second-order valence-corrected chi connectivity index (χ2v) is 23.2. The molecule has 0 aromatic rings. The van der Waals surface area contributed by atoms with E-state index in [1.54, 1.807) is 20.8 Å². The van der Waals surface area contributed by atoms with Gasteiger partial charge in [0.05, 0.1) is 19.8 Å². The predicted molar refractivity (Wildman–Crippen MR) is 287 cm³/mol. The summed E-state index contributed by atoms with van der Waals surface area (Å²) in [5.74, 6) is -6.59. The Morgan fingerprint density at radius 2 is 1.17 bits per heavy atom. The fourth-order valence-corrected chi connectivity index (χ4v) is 10.7. The summed E-state index contributed by atoms with van der Waals surface area (Å²) in [5, 5.41) is 51.2. The van der Waals surface area contributed by atoms with Crippen LogP contribution in [0.3, 0.4) is 0 Å². The number of cyclic esters (lactones) is 2. The number of aliphatic hydroxyl groups excluding tert-OH is 5. The molecule has 0 amide bonds. The van der Waals surface area contributed by atoms with Gasteiger partial charge in [0, 0.05) is 0 Å². The summed E-state index contributed by atoms with van der Waals surface area (Å²) in [5.41, 5.74) is 2.31. The standard InChI is InChI=1S/C56H74O20P2/c1-13-56(51(63)48(62)52(64)74-56)44(58)32-72-78(68,69)76-43-30-55(11,12)40(38(8)46(43)60)28-26-36(6)24-18-22-34(4)20-16-15-19-33(3)21-17-23-35(5)25-27-39-37(7)45(59)42(29-54(39,9)10)75-77(66,67)71-31-41(57)49-47(61)50(70-14-2)53(65)73-49/h15-28,41-44,49,57-58,61-63H,13-14,29-32H2,1-12H3,(H,66,67)(H,68,69)/p-1/b16-15+,21-17+,22-18+,27-25+,28-26+,33-19+,34-20+,35-23+,36-24+/t41-,42?,43?,44-,49+,56+/m0/s1. The second-order valence-electron chi connectivity index (χ2n) is 20.5. The van der Waals surface area contributed by atoms with E-state index >= 15 is 0 Å². The molecule has 0 aromatic heterocycles. The van der Waals surface area contributed by atoms with Gasteiger partial charge in [-0.2, -0.15) is 0 Å². The van der Waals surface area contributed by atoms with Crippen LogP contribution in [-0.4, -0.2) is 110 Å². The lowest BCUT2D eigenvalue weighted by molar-refractivity contribution is -0.232. The third kappa shape index (κ3) is 16.6. The van der Waals surface area contributed by atoms with Crippen molar-refractivity contribution in [3.8, 4) is 0 Å². The third-order valence-electron chi connectivity index (χ3n) is 13.3. The first kappa shape index (κ1) is 64.8. The Morgan fingerprint density at radius 1 is 0.705 bits per heavy atom. The first-order chi connectivity index (χ1) is 36.2. The highest BCUT2D eigenvalue weighted by Gasteiger charge is 2.54. The van der Waals surface area contributed by atoms with Gasteiger partial charge in [-0.25, -0.2) is 14.2 Å². The summed E-state index contributed by atoms with van der Waals surface area (Å²) in [4.78, 5) is 73.7. The summed E-state index contributed by atoms with van der Waals surface area (Å²) in [6.45, 7) is 19.5. The molecule has 22 heteroatoms. The Balaban J connectivity index is 1.27. The number of rotatable bonds is 25. The number of ether oxygens (including phenoxy) is 3. The summed E-state index contributed by atoms with van der Waals surface area (Å²) < 4.78 is 60.8. The zero-order valence-electron chi connectivity index (χ0n) is 46.0. The highest BCUT2D eigenvalue weighted by atomic mass is 31.2. The molecule has 2 aliphatic carbocycles. The first-order valence-electron chi connectivity index (χ1n) is 25.1. The van der Waals surface area contributed by atoms with Gasteiger partial charge in [-0.3, -0.25) is 23.2 Å². The van der Waals surface area contributed by atoms with E-state index < -0.39 is 122 Å². The third-order valence-corrected chi connectivity index (χ3v) is 15.3. The van der Waals surface area contributed by atoms with Crippen molar-refractivity contribution in [2.24, 2.45) is 10.8 Å². The minimum absolute atomic E-state index is 0.00867. The van der Waals surface area contributed by atoms with E-state index in [1.165, 1.54) is 6.92 Å². The molecule has 0 spiro atoms. The lowest BCUT2D eigenvalue weighted by Gasteiger charge is -2.38. The van der Waals surface area contributed by atoms with Crippen LogP contribution in [0.2, 0.25) is 0 Å². The quantitative estimate of drug-likeness (QED) is 0.0282. The van der Waals surface area contributed by atoms with Crippen LogP contribution in [0.15, 0.2) is 153 Å². The number of esters is 2. The second kappa shape index (κ2) is 26.9. The van der Waals surface area contributed by atoms with Crippen LogP contribution >= 0.6 is 15.6 Å². The van der Waals surface area contributed by atoms with E-state index in [-0.39, 0.29) is 25.9 Å². The molecule has 0 saturated carbocycles. The van der Waals surface area contributed by atoms with Crippen molar-refractivity contribution in [3.63, 3.8) is 0 Å². The maximum Gasteiger partial charge on any atom is 0.472 e. The topological polar surface area (TPSA) is 311 Å². The molecule has 8 atom stereocenters. The van der Waals surface area contributed by atoms with Gasteiger partial charge in [0.1, 0.15) is 24.4 Å². The molecule has 2 heterocycles. The predicted octanol–water partition coefficient (Wildman–Crippen LogP) is 9.04. The van der Waals surface area contributed by atoms with Gasteiger partial charge in [-0.05, 0) is 101 Å². The van der Waals surface area contributed by atoms with Crippen molar-refractivity contribution in [1.29, 1.82) is 0 Å². The van der Waals surface area contributed by atoms with Crippen molar-refractivity contribution < 1.29 is 95.9 Å². The molecule has 4 rings (SSSR count). The van der Waals surface area contributed by atoms with Gasteiger partial charge >= 0.3 is 19.8 Å². The SMILES string of the molecule is CCOC1=C(O)[C@@H]([C@@H](O)COP(=O)([O-])OC2CC(C)(C)C(/C=C/C(C)=C/C=C/C(C)=C/C=C/C=C(C)/C=C/C=C(C)/C=C/C3=C(C)C(=O)C(OP(=O)(O)OC[C@H](O)[C@@]4(CC)OC(=O)C(O)=C4O)CC3(C)C)=C(C)C2=O)OC1=O. The largest absolute Gasteiger partial charge is 0.756 e. The van der Waals surface area contributed by atoms with Crippen molar-refractivity contribution in [1.82, 2.24) is 0 Å². The average molecular weight is 1130 g/mol. The monoisotopic (exact) mass is 1130 g/mol. The number of phosphoric ester groups is 2. The average Bonchev–Trinajstić information content (AvgIpc) is 3.79. The Kier molecular flexibility index (Phi) is 22.4. The Morgan fingerprint density at radius 3 is 1.62 bits per heavy atom. The maximum atomic E-state index is 13.4. The molecule has 4 aliphatic rings. The van der Waals surface area contributed by atoms with Gasteiger partial charge in [0.25, 0.3) is 7.82 Å². The van der Waals surface area contributed by atoms with Gasteiger partial charge in [-0.15, -0.1) is 0 Å². The highest BCUT2D eigenvalue weighted by Crippen LogP contribution is 2.51. The molecule has 428 valence electrons. The van der Waals surface area contributed by atoms with Crippen molar-refractivity contribution in [2.75, 3.05) is 19.8 Å². The number of carbonyl (C=O) groups is 4. The molecular formula is C56H73O20P2-. The molecule has 4 unspecified atom stereocenters. The van der Waals surface area contributed by atoms with E-state index in [2.05, 4.69) is 0 Å². The van der Waals surface area contributed by atoms with Gasteiger partial charge < -0.3 is 58.6 Å². The van der Waals surface area contributed by atoms with Gasteiger partial charge in [-0.1, -0.05) is 142 Å². The number of phosphoric acid groups is 2. The zero-order valence-corrected chi connectivity index (χ0v) is 47.8. The lowest BCUT2D eigenvalue weighted by atomic mass is 9.71. The molecule has 0 aromatic carbocycles. The number of carbonyl (C=O) groups excluding carboxylic acids is 4. The van der Waals surface area contributed by atoms with Crippen molar-refractivity contribution >= 4 is 39.2 Å².